The van der Waals surface area contributed by atoms with Crippen LogP contribution >= 0.6 is 7.82 Å². The molecule has 0 rings (SSSR count). The largest absolute Gasteiger partial charge is 0.756 e. The molecule has 10 heteroatoms. The maximum absolute atomic E-state index is 12.9. The van der Waals surface area contributed by atoms with Gasteiger partial charge in [0.1, 0.15) is 19.8 Å². The Morgan fingerprint density at radius 1 is 0.304 bits per heavy atom. The lowest BCUT2D eigenvalue weighted by Gasteiger charge is -2.28. The molecule has 0 saturated heterocycles. The zero-order valence-corrected chi connectivity index (χ0v) is 66.6. The van der Waals surface area contributed by atoms with Gasteiger partial charge in [-0.3, -0.25) is 14.2 Å². The second-order valence-corrected chi connectivity index (χ2v) is 29.1. The van der Waals surface area contributed by atoms with Crippen LogP contribution in [-0.2, 0) is 32.7 Å². The smallest absolute Gasteiger partial charge is 0.306 e. The lowest BCUT2D eigenvalue weighted by molar-refractivity contribution is -0.870. The topological polar surface area (TPSA) is 111 Å². The summed E-state index contributed by atoms with van der Waals surface area (Å²) in [6.07, 6.45) is 125. The van der Waals surface area contributed by atoms with Crippen LogP contribution in [0.5, 0.6) is 0 Å². The van der Waals surface area contributed by atoms with Gasteiger partial charge in [-0.15, -0.1) is 0 Å². The van der Waals surface area contributed by atoms with E-state index in [1.807, 2.05) is 21.1 Å². The molecular formula is C92H150NO8P. The van der Waals surface area contributed by atoms with Gasteiger partial charge >= 0.3 is 11.9 Å². The standard InChI is InChI=1S/C92H150NO8P/c1-6-8-10-12-14-16-18-20-22-24-26-28-30-32-34-36-38-40-42-44-45-46-47-49-51-53-55-57-59-61-63-65-67-69-71-73-75-77-79-81-83-85-92(95)101-90(89-100-102(96,97)99-87-86-93(3,4)5)88-98-91(94)84-82-80-78-76-74-72-70-68-66-64-62-60-58-56-54-52-50-48-43-41-39-37-35-33-31-29-27-25-23-21-19-17-15-13-11-9-7-2/h8-11,14-17,20-23,26-29,32-35,38,40,44-45,47,49,53,55,59,61,65,67,71,73,90H,6-7,12-13,18-19,24-25,30-31,36-37,39,41-43,46,48,50-52,54,56-58,60,62-64,66,68-70,72,74-89H2,1-5H3/b10-8-,11-9-,16-14-,17-15-,22-20-,23-21-,28-26-,29-27-,34-32-,35-33-,40-38-,45-44-,49-47-,55-53-,61-59-,67-65-,73-71-. The number of likely N-dealkylation sites (N-methyl/N-ethyl adjacent to an activating group) is 1. The van der Waals surface area contributed by atoms with Crippen molar-refractivity contribution in [3.8, 4) is 0 Å². The van der Waals surface area contributed by atoms with Crippen LogP contribution in [0.4, 0.5) is 0 Å². The van der Waals surface area contributed by atoms with Crippen molar-refractivity contribution >= 4 is 19.8 Å². The number of phosphoric acid groups is 1. The number of rotatable bonds is 73. The van der Waals surface area contributed by atoms with Crippen molar-refractivity contribution in [3.63, 3.8) is 0 Å². The Morgan fingerprint density at radius 2 is 0.529 bits per heavy atom. The minimum absolute atomic E-state index is 0.0449. The summed E-state index contributed by atoms with van der Waals surface area (Å²) in [5.41, 5.74) is 0. The van der Waals surface area contributed by atoms with Gasteiger partial charge in [-0.1, -0.05) is 355 Å². The Hall–Kier alpha value is -5.41. The molecule has 9 nitrogen and oxygen atoms in total. The second-order valence-electron chi connectivity index (χ2n) is 27.7. The fourth-order valence-corrected chi connectivity index (χ4v) is 11.4. The van der Waals surface area contributed by atoms with Crippen LogP contribution in [0, 0.1) is 0 Å². The van der Waals surface area contributed by atoms with Crippen LogP contribution in [0.1, 0.15) is 309 Å². The number of unbranched alkanes of at least 4 members (excludes halogenated alkanes) is 25. The SMILES string of the molecule is CC/C=C\C/C=C\C/C=C\C/C=C\C/C=C\C/C=C\C/C=C\C/C=C\C/C=C\C/C=C\C/C=C\C/C=C\CCCCCCC(=O)OC(COC(=O)CCCCCCCCCCCCCCCCCCCCCCC/C=C\C/C=C\C/C=C\C/C=C\C/C=C\CC)COP(=O)([O-])OCC[N+](C)(C)C. The van der Waals surface area contributed by atoms with E-state index in [4.69, 9.17) is 18.5 Å². The van der Waals surface area contributed by atoms with E-state index >= 15 is 0 Å². The van der Waals surface area contributed by atoms with Crippen molar-refractivity contribution in [3.05, 3.63) is 207 Å². The van der Waals surface area contributed by atoms with Crippen LogP contribution in [0.15, 0.2) is 207 Å². The van der Waals surface area contributed by atoms with E-state index in [0.29, 0.717) is 17.4 Å². The van der Waals surface area contributed by atoms with Gasteiger partial charge in [0.05, 0.1) is 27.7 Å². The number of hydrogen-bond acceptors (Lipinski definition) is 8. The zero-order chi connectivity index (χ0) is 74.0. The Kier molecular flexibility index (Phi) is 75.5. The predicted octanol–water partition coefficient (Wildman–Crippen LogP) is 27.1. The quantitative estimate of drug-likeness (QED) is 0.0195. The molecule has 0 spiro atoms. The minimum Gasteiger partial charge on any atom is -0.756 e. The summed E-state index contributed by atoms with van der Waals surface area (Å²) >= 11 is 0. The summed E-state index contributed by atoms with van der Waals surface area (Å²) < 4.78 is 34.4. The fourth-order valence-electron chi connectivity index (χ4n) is 10.7. The van der Waals surface area contributed by atoms with Crippen LogP contribution < -0.4 is 4.89 Å². The first-order valence-corrected chi connectivity index (χ1v) is 42.3. The van der Waals surface area contributed by atoms with Gasteiger partial charge in [-0.25, -0.2) is 0 Å². The predicted molar refractivity (Wildman–Crippen MR) is 442 cm³/mol. The lowest BCUT2D eigenvalue weighted by atomic mass is 10.0. The summed E-state index contributed by atoms with van der Waals surface area (Å²) in [6.45, 7) is 3.98. The maximum atomic E-state index is 12.9. The minimum atomic E-state index is -4.67. The highest BCUT2D eigenvalue weighted by atomic mass is 31.2. The van der Waals surface area contributed by atoms with E-state index in [9.17, 15) is 19.0 Å². The van der Waals surface area contributed by atoms with Gasteiger partial charge in [0.2, 0.25) is 0 Å². The first-order valence-electron chi connectivity index (χ1n) is 40.8. The lowest BCUT2D eigenvalue weighted by Crippen LogP contribution is -2.37. The Labute approximate surface area is 627 Å². The maximum Gasteiger partial charge on any atom is 0.306 e. The van der Waals surface area contributed by atoms with Crippen LogP contribution in [0.2, 0.25) is 0 Å². The summed E-state index contributed by atoms with van der Waals surface area (Å²) in [6, 6.07) is 0. The van der Waals surface area contributed by atoms with Crippen molar-refractivity contribution in [2.24, 2.45) is 0 Å². The van der Waals surface area contributed by atoms with Gasteiger partial charge in [-0.2, -0.15) is 0 Å². The molecule has 0 fully saturated rings. The van der Waals surface area contributed by atoms with E-state index in [0.717, 1.165) is 154 Å². The van der Waals surface area contributed by atoms with E-state index in [1.165, 1.54) is 122 Å². The molecule has 102 heavy (non-hydrogen) atoms. The van der Waals surface area contributed by atoms with Crippen molar-refractivity contribution in [2.45, 2.75) is 315 Å². The summed E-state index contributed by atoms with van der Waals surface area (Å²) in [4.78, 5) is 38.2. The average molecular weight is 1430 g/mol. The normalized spacial score (nSPS) is 14.1. The Bertz CT molecular complexity index is 2480. The molecule has 0 aliphatic heterocycles. The van der Waals surface area contributed by atoms with Crippen LogP contribution in [0.3, 0.4) is 0 Å². The molecule has 0 bridgehead atoms. The number of carbonyl (C=O) groups is 2. The summed E-state index contributed by atoms with van der Waals surface area (Å²) in [5.74, 6) is -0.867. The summed E-state index contributed by atoms with van der Waals surface area (Å²) in [5, 5.41) is 0. The molecule has 0 saturated carbocycles. The number of phosphoric ester groups is 1. The van der Waals surface area contributed by atoms with Crippen LogP contribution in [-0.4, -0.2) is 70.0 Å². The third-order valence-corrected chi connectivity index (χ3v) is 17.8. The van der Waals surface area contributed by atoms with Gasteiger partial charge in [0, 0.05) is 12.8 Å². The highest BCUT2D eigenvalue weighted by Gasteiger charge is 2.22. The molecule has 0 amide bonds. The highest BCUT2D eigenvalue weighted by molar-refractivity contribution is 7.45. The molecular weight excluding hydrogens is 1280 g/mol. The van der Waals surface area contributed by atoms with Gasteiger partial charge in [0.15, 0.2) is 6.10 Å². The second kappa shape index (κ2) is 79.7. The van der Waals surface area contributed by atoms with Crippen molar-refractivity contribution in [2.75, 3.05) is 47.5 Å². The molecule has 0 aromatic heterocycles. The zero-order valence-electron chi connectivity index (χ0n) is 65.7. The molecule has 0 N–H and O–H groups in total. The first kappa shape index (κ1) is 96.6. The van der Waals surface area contributed by atoms with Crippen molar-refractivity contribution in [1.29, 1.82) is 0 Å². The number of allylic oxidation sites excluding steroid dienone is 34. The third-order valence-electron chi connectivity index (χ3n) is 16.8. The summed E-state index contributed by atoms with van der Waals surface area (Å²) in [7, 11) is 1.13. The molecule has 0 aliphatic rings. The molecule has 0 radical (unpaired) electrons. The average Bonchev–Trinajstić information content (AvgIpc) is 0.916. The first-order chi connectivity index (χ1) is 50.0. The van der Waals surface area contributed by atoms with E-state index in [2.05, 4.69) is 220 Å². The van der Waals surface area contributed by atoms with E-state index in [1.54, 1.807) is 0 Å². The van der Waals surface area contributed by atoms with E-state index in [-0.39, 0.29) is 26.1 Å². The fraction of sp³-hybridized carbons (Fsp3) is 0.609. The number of carbonyl (C=O) groups excluding carboxylic acids is 2. The van der Waals surface area contributed by atoms with E-state index < -0.39 is 32.5 Å². The number of ether oxygens (including phenoxy) is 2. The van der Waals surface area contributed by atoms with Crippen molar-refractivity contribution < 1.29 is 42.1 Å². The molecule has 0 aliphatic carbocycles. The monoisotopic (exact) mass is 1430 g/mol. The molecule has 576 valence electrons. The number of quaternary nitrogens is 1. The molecule has 2 unspecified atom stereocenters. The Balaban J connectivity index is 4.08. The molecule has 0 heterocycles. The molecule has 0 aromatic rings. The van der Waals surface area contributed by atoms with Crippen molar-refractivity contribution in [1.82, 2.24) is 0 Å². The van der Waals surface area contributed by atoms with Gasteiger partial charge in [0.25, 0.3) is 7.82 Å². The highest BCUT2D eigenvalue weighted by Crippen LogP contribution is 2.38. The number of hydrogen-bond donors (Lipinski definition) is 0. The van der Waals surface area contributed by atoms with Crippen LogP contribution in [0.25, 0.3) is 0 Å². The van der Waals surface area contributed by atoms with Gasteiger partial charge in [-0.05, 0) is 148 Å². The van der Waals surface area contributed by atoms with Gasteiger partial charge < -0.3 is 27.9 Å². The third kappa shape index (κ3) is 83.5. The molecule has 2 atom stereocenters. The number of nitrogens with zero attached hydrogens (tertiary/aromatic N) is 1. The number of esters is 2. The molecule has 0 aromatic carbocycles. The Morgan fingerprint density at radius 3 is 0.784 bits per heavy atom.